The Labute approximate surface area is 339 Å². The number of rotatable bonds is 40. The number of nitrogens with one attached hydrogen (secondary N) is 1. The predicted molar refractivity (Wildman–Crippen MR) is 234 cm³/mol. The van der Waals surface area contributed by atoms with Crippen molar-refractivity contribution < 1.29 is 23.8 Å². The van der Waals surface area contributed by atoms with Gasteiger partial charge in [-0.15, -0.1) is 0 Å². The summed E-state index contributed by atoms with van der Waals surface area (Å²) in [7, 11) is 0. The first-order valence-electron chi connectivity index (χ1n) is 22.7. The van der Waals surface area contributed by atoms with Crippen molar-refractivity contribution in [2.45, 2.75) is 214 Å². The molecule has 0 fully saturated rings. The average molecular weight is 779 g/mol. The van der Waals surface area contributed by atoms with E-state index in [9.17, 15) is 9.59 Å². The Morgan fingerprint density at radius 1 is 0.519 bits per heavy atom. The molecule has 0 heterocycles. The molecule has 0 bridgehead atoms. The van der Waals surface area contributed by atoms with Gasteiger partial charge < -0.3 is 24.4 Å². The van der Waals surface area contributed by atoms with Crippen LogP contribution in [0.15, 0.2) is 24.3 Å². The van der Waals surface area contributed by atoms with Gasteiger partial charge in [0, 0.05) is 19.4 Å². The molecule has 0 aromatic heterocycles. The van der Waals surface area contributed by atoms with E-state index >= 15 is 0 Å². The fourth-order valence-electron chi connectivity index (χ4n) is 6.36. The van der Waals surface area contributed by atoms with E-state index in [-0.39, 0.29) is 30.3 Å². The summed E-state index contributed by atoms with van der Waals surface area (Å²) in [6.45, 7) is 12.0. The minimum absolute atomic E-state index is 0.0735. The van der Waals surface area contributed by atoms with Gasteiger partial charge in [0.05, 0.1) is 6.04 Å². The van der Waals surface area contributed by atoms with Crippen LogP contribution in [0, 0.1) is 0 Å². The van der Waals surface area contributed by atoms with Gasteiger partial charge in [-0.25, -0.2) is 0 Å². The molecule has 0 atom stereocenters. The zero-order valence-electron chi connectivity index (χ0n) is 35.8. The highest BCUT2D eigenvalue weighted by atomic mass is 32.1. The lowest BCUT2D eigenvalue weighted by Crippen LogP contribution is -2.43. The summed E-state index contributed by atoms with van der Waals surface area (Å²) in [4.78, 5) is 27.4. The fourth-order valence-corrected chi connectivity index (χ4v) is 6.61. The van der Waals surface area contributed by atoms with Gasteiger partial charge in [-0.3, -0.25) is 9.59 Å². The lowest BCUT2D eigenvalue weighted by Gasteiger charge is -2.22. The van der Waals surface area contributed by atoms with Crippen molar-refractivity contribution in [2.24, 2.45) is 0 Å². The minimum atomic E-state index is -0.456. The molecule has 7 nitrogen and oxygen atoms in total. The van der Waals surface area contributed by atoms with Crippen molar-refractivity contribution in [3.8, 4) is 0 Å². The fraction of sp³-hybridized carbons (Fsp3) is 0.848. The quantitative estimate of drug-likeness (QED) is 0.0285. The third kappa shape index (κ3) is 38.3. The summed E-state index contributed by atoms with van der Waals surface area (Å²) in [5, 5.41) is 3.34. The first kappa shape index (κ1) is 52.1. The molecule has 0 aromatic rings. The molecule has 0 rings (SSSR count). The third-order valence-corrected chi connectivity index (χ3v) is 10.3. The van der Waals surface area contributed by atoms with Crippen LogP contribution >= 0.6 is 12.2 Å². The van der Waals surface area contributed by atoms with Gasteiger partial charge in [-0.2, -0.15) is 0 Å². The van der Waals surface area contributed by atoms with Crippen molar-refractivity contribution in [1.29, 1.82) is 0 Å². The number of nitrogens with zero attached hydrogens (tertiary/aromatic N) is 1. The van der Waals surface area contributed by atoms with Crippen LogP contribution in [-0.4, -0.2) is 67.5 Å². The van der Waals surface area contributed by atoms with Crippen LogP contribution in [0.3, 0.4) is 0 Å². The number of hydrogen-bond acceptors (Lipinski definition) is 7. The van der Waals surface area contributed by atoms with E-state index in [1.165, 1.54) is 116 Å². The van der Waals surface area contributed by atoms with Crippen molar-refractivity contribution in [3.05, 3.63) is 24.3 Å². The number of allylic oxidation sites excluding steroid dienone is 4. The molecule has 1 N–H and O–H groups in total. The maximum absolute atomic E-state index is 12.5. The van der Waals surface area contributed by atoms with Crippen LogP contribution in [0.1, 0.15) is 207 Å². The second kappa shape index (κ2) is 42.2. The summed E-state index contributed by atoms with van der Waals surface area (Å²) in [6, 6.07) is -0.456. The highest BCUT2D eigenvalue weighted by Gasteiger charge is 2.17. The van der Waals surface area contributed by atoms with Crippen LogP contribution < -0.4 is 5.32 Å². The number of hydrogen-bond donors (Lipinski definition) is 1. The maximum Gasteiger partial charge on any atom is 0.305 e. The zero-order chi connectivity index (χ0) is 39.6. The van der Waals surface area contributed by atoms with Crippen LogP contribution in [0.5, 0.6) is 0 Å². The van der Waals surface area contributed by atoms with E-state index < -0.39 is 6.04 Å². The standard InChI is InChI=1S/C46H86N2O5S/c1-5-9-11-13-15-17-19-21-23-25-27-29-31-33-35-37-44(49)52-41-43(47-46(54)51-40-39-48(7-3)8-4)42-53-45(50)38-36-34-32-30-28-26-24-22-20-18-16-14-12-10-6-2/h21-24,43H,5-20,25-42H2,1-4H3,(H,47,54)/b23-21-,24-22-. The highest BCUT2D eigenvalue weighted by Crippen LogP contribution is 2.12. The van der Waals surface area contributed by atoms with E-state index in [1.807, 2.05) is 0 Å². The number of thiocarbonyl (C=S) groups is 1. The molecule has 0 aliphatic carbocycles. The van der Waals surface area contributed by atoms with Gasteiger partial charge in [0.2, 0.25) is 0 Å². The van der Waals surface area contributed by atoms with Crippen LogP contribution in [-0.2, 0) is 23.8 Å². The maximum atomic E-state index is 12.5. The van der Waals surface area contributed by atoms with Gasteiger partial charge in [-0.1, -0.05) is 155 Å². The Morgan fingerprint density at radius 3 is 1.24 bits per heavy atom. The van der Waals surface area contributed by atoms with Crippen LogP contribution in [0.4, 0.5) is 0 Å². The molecule has 316 valence electrons. The van der Waals surface area contributed by atoms with Crippen LogP contribution in [0.2, 0.25) is 0 Å². The molecule has 0 aliphatic heterocycles. The van der Waals surface area contributed by atoms with E-state index in [1.54, 1.807) is 0 Å². The SMILES string of the molecule is CCCCCCCC/C=C\CCCCCCCC(=O)OCC(COC(=O)CCCCCCC/C=C\CCCCCCCC)NC(=S)OCCN(CC)CC. The molecule has 0 aromatic carbocycles. The molecule has 0 saturated heterocycles. The molecule has 0 amide bonds. The summed E-state index contributed by atoms with van der Waals surface area (Å²) >= 11 is 5.42. The Bertz CT molecular complexity index is 852. The lowest BCUT2D eigenvalue weighted by molar-refractivity contribution is -0.147. The first-order chi connectivity index (χ1) is 26.5. The molecule has 0 spiro atoms. The van der Waals surface area contributed by atoms with Crippen molar-refractivity contribution >= 4 is 29.3 Å². The normalized spacial score (nSPS) is 11.7. The van der Waals surface area contributed by atoms with Crippen molar-refractivity contribution in [3.63, 3.8) is 0 Å². The van der Waals surface area contributed by atoms with E-state index in [0.29, 0.717) is 19.4 Å². The van der Waals surface area contributed by atoms with Gasteiger partial charge in [-0.05, 0) is 89.5 Å². The molecule has 0 aliphatic rings. The highest BCUT2D eigenvalue weighted by molar-refractivity contribution is 7.80. The molecule has 0 saturated carbocycles. The summed E-state index contributed by atoms with van der Waals surface area (Å²) in [5.41, 5.74) is 0. The molecule has 8 heteroatoms. The molecular formula is C46H86N2O5S. The van der Waals surface area contributed by atoms with E-state index in [0.717, 1.165) is 71.0 Å². The van der Waals surface area contributed by atoms with E-state index in [4.69, 9.17) is 26.4 Å². The molecule has 0 radical (unpaired) electrons. The Balaban J connectivity index is 4.27. The second-order valence-electron chi connectivity index (χ2n) is 15.0. The second-order valence-corrected chi connectivity index (χ2v) is 15.4. The third-order valence-electron chi connectivity index (χ3n) is 10.0. The Kier molecular flexibility index (Phi) is 40.7. The first-order valence-corrected chi connectivity index (χ1v) is 23.1. The number of esters is 2. The number of likely N-dealkylation sites (N-methyl/N-ethyl adjacent to an activating group) is 1. The number of ether oxygens (including phenoxy) is 3. The Morgan fingerprint density at radius 2 is 0.870 bits per heavy atom. The van der Waals surface area contributed by atoms with Crippen LogP contribution in [0.25, 0.3) is 0 Å². The number of carbonyl (C=O) groups is 2. The monoisotopic (exact) mass is 779 g/mol. The van der Waals surface area contributed by atoms with Gasteiger partial charge in [0.15, 0.2) is 0 Å². The summed E-state index contributed by atoms with van der Waals surface area (Å²) < 4.78 is 16.9. The Hall–Kier alpha value is -1.93. The minimum Gasteiger partial charge on any atom is -0.470 e. The van der Waals surface area contributed by atoms with Gasteiger partial charge in [0.1, 0.15) is 19.8 Å². The molecule has 54 heavy (non-hydrogen) atoms. The zero-order valence-corrected chi connectivity index (χ0v) is 36.6. The smallest absolute Gasteiger partial charge is 0.305 e. The summed E-state index contributed by atoms with van der Waals surface area (Å²) in [6.07, 6.45) is 41.9. The average Bonchev–Trinajstić information content (AvgIpc) is 3.17. The van der Waals surface area contributed by atoms with Crippen molar-refractivity contribution in [2.75, 3.05) is 39.5 Å². The molecule has 0 unspecified atom stereocenters. The predicted octanol–water partition coefficient (Wildman–Crippen LogP) is 12.7. The van der Waals surface area contributed by atoms with Gasteiger partial charge >= 0.3 is 11.9 Å². The van der Waals surface area contributed by atoms with E-state index in [2.05, 4.69) is 62.2 Å². The van der Waals surface area contributed by atoms with Gasteiger partial charge in [0.25, 0.3) is 5.17 Å². The largest absolute Gasteiger partial charge is 0.470 e. The van der Waals surface area contributed by atoms with Crippen molar-refractivity contribution in [1.82, 2.24) is 10.2 Å². The summed E-state index contributed by atoms with van der Waals surface area (Å²) in [5.74, 6) is -0.458. The number of carbonyl (C=O) groups excluding carboxylic acids is 2. The number of unbranched alkanes of at least 4 members (excludes halogenated alkanes) is 22. The molecular weight excluding hydrogens is 693 g/mol. The lowest BCUT2D eigenvalue weighted by atomic mass is 10.1. The topological polar surface area (TPSA) is 77.1 Å².